The second-order valence-electron chi connectivity index (χ2n) is 4.26. The molecule has 0 bridgehead atoms. The molecule has 19 heavy (non-hydrogen) atoms. The first-order valence-corrected chi connectivity index (χ1v) is 5.56. The Morgan fingerprint density at radius 3 is 2.58 bits per heavy atom. The number of hydrogen-bond acceptors (Lipinski definition) is 5. The molecule has 2 unspecified atom stereocenters. The number of aliphatic hydroxyl groups is 1. The molecule has 1 aliphatic heterocycles. The van der Waals surface area contributed by atoms with Crippen molar-refractivity contribution < 1.29 is 32.6 Å². The van der Waals surface area contributed by atoms with Crippen LogP contribution in [0.2, 0.25) is 0 Å². The van der Waals surface area contributed by atoms with Gasteiger partial charge in [-0.3, -0.25) is 4.79 Å². The van der Waals surface area contributed by atoms with Crippen molar-refractivity contribution in [1.82, 2.24) is 10.6 Å². The third kappa shape index (κ3) is 3.16. The molecule has 1 aliphatic rings. The number of alkyl halides is 3. The van der Waals surface area contributed by atoms with Gasteiger partial charge in [-0.15, -0.1) is 0 Å². The summed E-state index contributed by atoms with van der Waals surface area (Å²) in [7, 11) is 1.02. The van der Waals surface area contributed by atoms with Crippen LogP contribution in [0.15, 0.2) is 0 Å². The van der Waals surface area contributed by atoms with Crippen molar-refractivity contribution >= 4 is 11.9 Å². The number of carbonyl (C=O) groups is 2. The van der Waals surface area contributed by atoms with Gasteiger partial charge in [-0.25, -0.2) is 4.79 Å². The molecule has 2 atom stereocenters. The van der Waals surface area contributed by atoms with Crippen molar-refractivity contribution in [3.05, 3.63) is 0 Å². The van der Waals surface area contributed by atoms with E-state index in [1.54, 1.807) is 0 Å². The number of halogens is 3. The molecule has 110 valence electrons. The van der Waals surface area contributed by atoms with Gasteiger partial charge in [-0.1, -0.05) is 0 Å². The SMILES string of the molecule is COC(=O)C(O)CNC(=O)C1(C(F)(F)F)CCNC1. The normalized spacial score (nSPS) is 24.9. The molecular formula is C10H15F3N2O4. The van der Waals surface area contributed by atoms with Crippen LogP contribution in [0.25, 0.3) is 0 Å². The molecule has 0 aromatic rings. The monoisotopic (exact) mass is 284 g/mol. The molecule has 3 N–H and O–H groups in total. The van der Waals surface area contributed by atoms with E-state index < -0.39 is 42.7 Å². The van der Waals surface area contributed by atoms with Crippen molar-refractivity contribution in [3.63, 3.8) is 0 Å². The number of rotatable bonds is 4. The van der Waals surface area contributed by atoms with Crippen LogP contribution < -0.4 is 10.6 Å². The lowest BCUT2D eigenvalue weighted by Gasteiger charge is -2.29. The minimum absolute atomic E-state index is 0.0759. The second-order valence-corrected chi connectivity index (χ2v) is 4.26. The minimum Gasteiger partial charge on any atom is -0.467 e. The Balaban J connectivity index is 2.68. The van der Waals surface area contributed by atoms with E-state index in [4.69, 9.17) is 0 Å². The average Bonchev–Trinajstić information content (AvgIpc) is 2.84. The van der Waals surface area contributed by atoms with E-state index in [0.717, 1.165) is 7.11 Å². The maximum Gasteiger partial charge on any atom is 0.404 e. The Morgan fingerprint density at radius 1 is 1.53 bits per heavy atom. The van der Waals surface area contributed by atoms with Crippen LogP contribution in [-0.2, 0) is 14.3 Å². The van der Waals surface area contributed by atoms with Crippen molar-refractivity contribution in [2.24, 2.45) is 5.41 Å². The Hall–Kier alpha value is -1.35. The number of methoxy groups -OCH3 is 1. The van der Waals surface area contributed by atoms with Crippen molar-refractivity contribution in [2.45, 2.75) is 18.7 Å². The third-order valence-corrected chi connectivity index (χ3v) is 3.06. The molecule has 6 nitrogen and oxygen atoms in total. The second kappa shape index (κ2) is 5.74. The van der Waals surface area contributed by atoms with E-state index in [9.17, 15) is 27.9 Å². The van der Waals surface area contributed by atoms with Gasteiger partial charge in [0, 0.05) is 6.54 Å². The highest BCUT2D eigenvalue weighted by atomic mass is 19.4. The number of amides is 1. The lowest BCUT2D eigenvalue weighted by molar-refractivity contribution is -0.216. The number of esters is 1. The molecule has 0 radical (unpaired) electrons. The predicted molar refractivity (Wildman–Crippen MR) is 57.0 cm³/mol. The molecule has 0 saturated carbocycles. The minimum atomic E-state index is -4.70. The number of hydrogen-bond donors (Lipinski definition) is 3. The Morgan fingerprint density at radius 2 is 2.16 bits per heavy atom. The zero-order valence-corrected chi connectivity index (χ0v) is 10.2. The lowest BCUT2D eigenvalue weighted by atomic mass is 9.85. The Kier molecular flexibility index (Phi) is 4.75. The van der Waals surface area contributed by atoms with Crippen molar-refractivity contribution in [1.29, 1.82) is 0 Å². The highest BCUT2D eigenvalue weighted by molar-refractivity contribution is 5.85. The quantitative estimate of drug-likeness (QED) is 0.587. The number of carbonyl (C=O) groups excluding carboxylic acids is 2. The Bertz CT molecular complexity index is 353. The summed E-state index contributed by atoms with van der Waals surface area (Å²) in [5, 5.41) is 13.6. The molecule has 0 aromatic carbocycles. The van der Waals surface area contributed by atoms with Gasteiger partial charge in [0.25, 0.3) is 0 Å². The van der Waals surface area contributed by atoms with Crippen LogP contribution in [0.1, 0.15) is 6.42 Å². The average molecular weight is 284 g/mol. The van der Waals surface area contributed by atoms with Gasteiger partial charge < -0.3 is 20.5 Å². The molecule has 0 aromatic heterocycles. The molecule has 1 fully saturated rings. The molecule has 1 rings (SSSR count). The van der Waals surface area contributed by atoms with E-state index in [0.29, 0.717) is 0 Å². The van der Waals surface area contributed by atoms with E-state index >= 15 is 0 Å². The van der Waals surface area contributed by atoms with Gasteiger partial charge in [-0.2, -0.15) is 13.2 Å². The van der Waals surface area contributed by atoms with E-state index in [1.165, 1.54) is 0 Å². The zero-order chi connectivity index (χ0) is 14.7. The largest absolute Gasteiger partial charge is 0.467 e. The van der Waals surface area contributed by atoms with Gasteiger partial charge in [0.1, 0.15) is 0 Å². The molecule has 1 amide bonds. The molecular weight excluding hydrogens is 269 g/mol. The summed E-state index contributed by atoms with van der Waals surface area (Å²) in [6.45, 7) is -1.06. The van der Waals surface area contributed by atoms with Crippen LogP contribution in [0.3, 0.4) is 0 Å². The van der Waals surface area contributed by atoms with Gasteiger partial charge in [-0.05, 0) is 13.0 Å². The zero-order valence-electron chi connectivity index (χ0n) is 10.2. The van der Waals surface area contributed by atoms with Gasteiger partial charge in [0.2, 0.25) is 5.91 Å². The van der Waals surface area contributed by atoms with Gasteiger partial charge >= 0.3 is 12.1 Å². The fourth-order valence-electron chi connectivity index (χ4n) is 1.83. The van der Waals surface area contributed by atoms with E-state index in [1.807, 2.05) is 5.32 Å². The highest BCUT2D eigenvalue weighted by Crippen LogP contribution is 2.43. The summed E-state index contributed by atoms with van der Waals surface area (Å²) in [4.78, 5) is 22.6. The third-order valence-electron chi connectivity index (χ3n) is 3.06. The Labute approximate surface area is 107 Å². The summed E-state index contributed by atoms with van der Waals surface area (Å²) >= 11 is 0. The van der Waals surface area contributed by atoms with Crippen LogP contribution >= 0.6 is 0 Å². The van der Waals surface area contributed by atoms with Crippen LogP contribution in [0.5, 0.6) is 0 Å². The standard InChI is InChI=1S/C10H15F3N2O4/c1-19-7(17)6(16)4-15-8(18)9(10(11,12)13)2-3-14-5-9/h6,14,16H,2-5H2,1H3,(H,15,18). The fourth-order valence-corrected chi connectivity index (χ4v) is 1.83. The topological polar surface area (TPSA) is 87.7 Å². The van der Waals surface area contributed by atoms with Crippen LogP contribution in [0.4, 0.5) is 13.2 Å². The number of ether oxygens (including phenoxy) is 1. The van der Waals surface area contributed by atoms with Crippen LogP contribution in [0, 0.1) is 5.41 Å². The maximum atomic E-state index is 13.0. The first-order chi connectivity index (χ1) is 8.74. The van der Waals surface area contributed by atoms with Gasteiger partial charge in [0.15, 0.2) is 11.5 Å². The summed E-state index contributed by atoms with van der Waals surface area (Å²) in [6.07, 6.45) is -6.76. The van der Waals surface area contributed by atoms with Crippen molar-refractivity contribution in [2.75, 3.05) is 26.7 Å². The molecule has 0 aliphatic carbocycles. The van der Waals surface area contributed by atoms with E-state index in [2.05, 4.69) is 10.1 Å². The molecule has 1 heterocycles. The summed E-state index contributed by atoms with van der Waals surface area (Å²) in [5.41, 5.74) is -2.51. The maximum absolute atomic E-state index is 13.0. The summed E-state index contributed by atoms with van der Waals surface area (Å²) < 4.78 is 43.1. The molecule has 1 saturated heterocycles. The smallest absolute Gasteiger partial charge is 0.404 e. The van der Waals surface area contributed by atoms with Crippen LogP contribution in [-0.4, -0.2) is 56.0 Å². The summed E-state index contributed by atoms with van der Waals surface area (Å²) in [6, 6.07) is 0. The lowest BCUT2D eigenvalue weighted by Crippen LogP contribution is -2.53. The molecule has 0 spiro atoms. The highest BCUT2D eigenvalue weighted by Gasteiger charge is 2.61. The number of nitrogens with one attached hydrogen (secondary N) is 2. The first kappa shape index (κ1) is 15.7. The van der Waals surface area contributed by atoms with Crippen molar-refractivity contribution in [3.8, 4) is 0 Å². The predicted octanol–water partition coefficient (Wildman–Crippen LogP) is -0.822. The molecule has 9 heteroatoms. The first-order valence-electron chi connectivity index (χ1n) is 5.56. The van der Waals surface area contributed by atoms with Gasteiger partial charge in [0.05, 0.1) is 13.7 Å². The van der Waals surface area contributed by atoms with E-state index in [-0.39, 0.29) is 13.0 Å². The fraction of sp³-hybridized carbons (Fsp3) is 0.800. The number of aliphatic hydroxyl groups excluding tert-OH is 1. The summed E-state index contributed by atoms with van der Waals surface area (Å²) in [5.74, 6) is -2.28.